The molecule has 0 spiro atoms. The zero-order valence-electron chi connectivity index (χ0n) is 12.2. The summed E-state index contributed by atoms with van der Waals surface area (Å²) < 4.78 is 26.5. The van der Waals surface area contributed by atoms with Gasteiger partial charge in [-0.05, 0) is 19.4 Å². The maximum Gasteiger partial charge on any atom is 0.336 e. The molecule has 1 atom stereocenters. The molecular formula is C13H20N2O4S2. The van der Waals surface area contributed by atoms with Crippen LogP contribution in [-0.2, 0) is 10.0 Å². The third-order valence-electron chi connectivity index (χ3n) is 3.90. The first-order valence-electron chi connectivity index (χ1n) is 6.92. The van der Waals surface area contributed by atoms with Gasteiger partial charge in [0.05, 0.1) is 5.56 Å². The van der Waals surface area contributed by atoms with Gasteiger partial charge in [-0.25, -0.2) is 13.2 Å². The fraction of sp³-hybridized carbons (Fsp3) is 0.615. The molecule has 0 bridgehead atoms. The molecule has 0 amide bonds. The van der Waals surface area contributed by atoms with Gasteiger partial charge in [0.1, 0.15) is 4.21 Å². The van der Waals surface area contributed by atoms with Crippen LogP contribution in [0.2, 0.25) is 0 Å². The first-order valence-corrected chi connectivity index (χ1v) is 9.24. The summed E-state index contributed by atoms with van der Waals surface area (Å²) in [6, 6.07) is 1.69. The van der Waals surface area contributed by atoms with Crippen molar-refractivity contribution in [2.45, 2.75) is 30.5 Å². The summed E-state index contributed by atoms with van der Waals surface area (Å²) in [6.07, 6.45) is 1.04. The number of hydrogen-bond acceptors (Lipinski definition) is 5. The number of hydrogen-bond donors (Lipinski definition) is 1. The Bertz CT molecular complexity index is 603. The van der Waals surface area contributed by atoms with Crippen LogP contribution in [0.5, 0.6) is 0 Å². The Kier molecular flexibility index (Phi) is 5.03. The Morgan fingerprint density at radius 2 is 2.00 bits per heavy atom. The largest absolute Gasteiger partial charge is 0.478 e. The third kappa shape index (κ3) is 3.45. The number of carbonyl (C=O) groups is 1. The number of carboxylic acids is 1. The SMILES string of the molecule is CCC(C)N1CCN(S(=O)(=O)c2cc(C(=O)O)cs2)CC1. The standard InChI is InChI=1S/C13H20N2O4S2/c1-3-10(2)14-4-6-15(7-5-14)21(18,19)12-8-11(9-20-12)13(16)17/h8-10H,3-7H2,1-2H3,(H,16,17). The van der Waals surface area contributed by atoms with Crippen molar-refractivity contribution in [2.75, 3.05) is 26.2 Å². The molecule has 0 aliphatic carbocycles. The molecule has 2 rings (SSSR count). The molecular weight excluding hydrogens is 312 g/mol. The monoisotopic (exact) mass is 332 g/mol. The molecule has 1 saturated heterocycles. The van der Waals surface area contributed by atoms with Gasteiger partial charge in [0.2, 0.25) is 0 Å². The van der Waals surface area contributed by atoms with Crippen LogP contribution >= 0.6 is 11.3 Å². The Morgan fingerprint density at radius 3 is 2.48 bits per heavy atom. The Labute approximate surface area is 129 Å². The van der Waals surface area contributed by atoms with Gasteiger partial charge in [-0.15, -0.1) is 11.3 Å². The predicted octanol–water partition coefficient (Wildman–Crippen LogP) is 1.55. The first-order chi connectivity index (χ1) is 9.86. The van der Waals surface area contributed by atoms with Gasteiger partial charge in [0.15, 0.2) is 0 Å². The van der Waals surface area contributed by atoms with Crippen molar-refractivity contribution < 1.29 is 18.3 Å². The summed E-state index contributed by atoms with van der Waals surface area (Å²) in [6.45, 7) is 6.59. The Hall–Kier alpha value is -0.960. The van der Waals surface area contributed by atoms with Gasteiger partial charge in [0.25, 0.3) is 10.0 Å². The van der Waals surface area contributed by atoms with Crippen molar-refractivity contribution in [1.82, 2.24) is 9.21 Å². The van der Waals surface area contributed by atoms with Crippen molar-refractivity contribution in [1.29, 1.82) is 0 Å². The highest BCUT2D eigenvalue weighted by atomic mass is 32.2. The minimum Gasteiger partial charge on any atom is -0.478 e. The van der Waals surface area contributed by atoms with E-state index in [0.29, 0.717) is 32.2 Å². The molecule has 6 nitrogen and oxygen atoms in total. The lowest BCUT2D eigenvalue weighted by molar-refractivity contribution is 0.0697. The molecule has 1 aliphatic heterocycles. The van der Waals surface area contributed by atoms with Crippen molar-refractivity contribution >= 4 is 27.3 Å². The fourth-order valence-electron chi connectivity index (χ4n) is 2.33. The minimum atomic E-state index is -3.57. The second kappa shape index (κ2) is 6.43. The topological polar surface area (TPSA) is 77.9 Å². The van der Waals surface area contributed by atoms with Gasteiger partial charge < -0.3 is 5.11 Å². The molecule has 0 radical (unpaired) electrons. The van der Waals surface area contributed by atoms with Crippen LogP contribution in [0.4, 0.5) is 0 Å². The van der Waals surface area contributed by atoms with E-state index in [2.05, 4.69) is 18.7 Å². The average Bonchev–Trinajstić information content (AvgIpc) is 2.97. The van der Waals surface area contributed by atoms with Crippen LogP contribution in [-0.4, -0.2) is 60.9 Å². The third-order valence-corrected chi connectivity index (χ3v) is 7.22. The van der Waals surface area contributed by atoms with Crippen molar-refractivity contribution in [3.05, 3.63) is 17.0 Å². The predicted molar refractivity (Wildman–Crippen MR) is 81.4 cm³/mol. The van der Waals surface area contributed by atoms with E-state index in [4.69, 9.17) is 5.11 Å². The summed E-state index contributed by atoms with van der Waals surface area (Å²) in [5, 5.41) is 10.3. The van der Waals surface area contributed by atoms with Crippen molar-refractivity contribution in [3.8, 4) is 0 Å². The van der Waals surface area contributed by atoms with Crippen molar-refractivity contribution in [2.24, 2.45) is 0 Å². The van der Waals surface area contributed by atoms with Crippen LogP contribution in [0.25, 0.3) is 0 Å². The van der Waals surface area contributed by atoms with Gasteiger partial charge in [0, 0.05) is 37.6 Å². The second-order valence-electron chi connectivity index (χ2n) is 5.16. The van der Waals surface area contributed by atoms with E-state index in [1.54, 1.807) is 0 Å². The minimum absolute atomic E-state index is 0.0248. The number of rotatable bonds is 5. The molecule has 1 unspecified atom stereocenters. The first kappa shape index (κ1) is 16.4. The highest BCUT2D eigenvalue weighted by molar-refractivity contribution is 7.91. The van der Waals surface area contributed by atoms with Gasteiger partial charge in [-0.3, -0.25) is 4.90 Å². The van der Waals surface area contributed by atoms with Crippen LogP contribution in [0, 0.1) is 0 Å². The van der Waals surface area contributed by atoms with E-state index in [0.717, 1.165) is 17.8 Å². The maximum atomic E-state index is 12.5. The van der Waals surface area contributed by atoms with E-state index >= 15 is 0 Å². The highest BCUT2D eigenvalue weighted by Gasteiger charge is 2.31. The van der Waals surface area contributed by atoms with E-state index in [1.807, 2.05) is 0 Å². The number of nitrogens with zero attached hydrogens (tertiary/aromatic N) is 2. The maximum absolute atomic E-state index is 12.5. The van der Waals surface area contributed by atoms with E-state index < -0.39 is 16.0 Å². The number of sulfonamides is 1. The molecule has 21 heavy (non-hydrogen) atoms. The number of carboxylic acid groups (broad SMARTS) is 1. The van der Waals surface area contributed by atoms with Crippen molar-refractivity contribution in [3.63, 3.8) is 0 Å². The Morgan fingerprint density at radius 1 is 1.38 bits per heavy atom. The molecule has 1 aliphatic rings. The molecule has 1 fully saturated rings. The molecule has 118 valence electrons. The van der Waals surface area contributed by atoms with E-state index in [-0.39, 0.29) is 9.77 Å². The quantitative estimate of drug-likeness (QED) is 0.885. The van der Waals surface area contributed by atoms with Gasteiger partial charge >= 0.3 is 5.97 Å². The number of piperazine rings is 1. The van der Waals surface area contributed by atoms with E-state index in [1.165, 1.54) is 15.8 Å². The lowest BCUT2D eigenvalue weighted by Gasteiger charge is -2.36. The van der Waals surface area contributed by atoms with Gasteiger partial charge in [-0.1, -0.05) is 6.92 Å². The van der Waals surface area contributed by atoms with Crippen LogP contribution < -0.4 is 0 Å². The summed E-state index contributed by atoms with van der Waals surface area (Å²) in [7, 11) is -3.57. The fourth-order valence-corrected chi connectivity index (χ4v) is 5.06. The summed E-state index contributed by atoms with van der Waals surface area (Å²) >= 11 is 0.966. The molecule has 1 aromatic rings. The van der Waals surface area contributed by atoms with Gasteiger partial charge in [-0.2, -0.15) is 4.31 Å². The molecule has 1 N–H and O–H groups in total. The second-order valence-corrected chi connectivity index (χ2v) is 8.23. The highest BCUT2D eigenvalue weighted by Crippen LogP contribution is 2.25. The number of aromatic carboxylic acids is 1. The van der Waals surface area contributed by atoms with Crippen LogP contribution in [0.15, 0.2) is 15.7 Å². The molecule has 8 heteroatoms. The van der Waals surface area contributed by atoms with E-state index in [9.17, 15) is 13.2 Å². The molecule has 0 aromatic carbocycles. The summed E-state index contributed by atoms with van der Waals surface area (Å²) in [5.74, 6) is -1.10. The Balaban J connectivity index is 2.09. The molecule has 1 aromatic heterocycles. The average molecular weight is 332 g/mol. The van der Waals surface area contributed by atoms with Crippen LogP contribution in [0.1, 0.15) is 30.6 Å². The summed E-state index contributed by atoms with van der Waals surface area (Å²) in [4.78, 5) is 13.1. The van der Waals surface area contributed by atoms with Crippen LogP contribution in [0.3, 0.4) is 0 Å². The number of thiophene rings is 1. The lowest BCUT2D eigenvalue weighted by Crippen LogP contribution is -2.50. The lowest BCUT2D eigenvalue weighted by atomic mass is 10.2. The molecule has 0 saturated carbocycles. The molecule has 2 heterocycles. The smallest absolute Gasteiger partial charge is 0.336 e. The normalized spacial score (nSPS) is 19.5. The summed E-state index contributed by atoms with van der Waals surface area (Å²) in [5.41, 5.74) is 0.0248. The zero-order valence-corrected chi connectivity index (χ0v) is 13.8. The zero-order chi connectivity index (χ0) is 15.6.